The summed E-state index contributed by atoms with van der Waals surface area (Å²) < 4.78 is 0. The second kappa shape index (κ2) is 4.66. The molecule has 0 spiro atoms. The van der Waals surface area contributed by atoms with E-state index in [1.54, 1.807) is 6.20 Å². The number of aromatic nitrogens is 1. The number of carbonyl (C=O) groups excluding carboxylic acids is 2. The van der Waals surface area contributed by atoms with Gasteiger partial charge in [0.05, 0.1) is 0 Å². The van der Waals surface area contributed by atoms with Crippen LogP contribution >= 0.6 is 0 Å². The summed E-state index contributed by atoms with van der Waals surface area (Å²) in [5, 5.41) is 0. The number of allylic oxidation sites excluding steroid dienone is 4. The number of rotatable bonds is 3. The number of ketones is 2. The number of aryl methyl sites for hydroxylation is 1. The Morgan fingerprint density at radius 3 is 2.69 bits per heavy atom. The lowest BCUT2D eigenvalue weighted by Gasteiger charge is -2.06. The molecule has 80 valence electrons. The standard InChI is InChI=1S/C13H11NO2/c15-12-6-7-13(16)10(9-12)4-5-11-3-1-2-8-14-11/h1-3,6-9H,4-5H2. The summed E-state index contributed by atoms with van der Waals surface area (Å²) in [6.07, 6.45) is 7.00. The van der Waals surface area contributed by atoms with E-state index in [0.717, 1.165) is 5.69 Å². The van der Waals surface area contributed by atoms with E-state index in [1.807, 2.05) is 18.2 Å². The maximum Gasteiger partial charge on any atom is 0.182 e. The zero-order valence-corrected chi connectivity index (χ0v) is 8.72. The Morgan fingerprint density at radius 1 is 1.06 bits per heavy atom. The highest BCUT2D eigenvalue weighted by atomic mass is 16.1. The molecule has 1 aromatic rings. The Morgan fingerprint density at radius 2 is 1.94 bits per heavy atom. The number of hydrogen-bond acceptors (Lipinski definition) is 3. The summed E-state index contributed by atoms with van der Waals surface area (Å²) in [6.45, 7) is 0. The maximum absolute atomic E-state index is 11.4. The second-order valence-electron chi connectivity index (χ2n) is 3.59. The molecule has 0 radical (unpaired) electrons. The first kappa shape index (κ1) is 10.5. The Labute approximate surface area is 93.5 Å². The van der Waals surface area contributed by atoms with Gasteiger partial charge in [-0.2, -0.15) is 0 Å². The molecule has 0 N–H and O–H groups in total. The lowest BCUT2D eigenvalue weighted by atomic mass is 9.98. The van der Waals surface area contributed by atoms with Gasteiger partial charge in [-0.05, 0) is 43.2 Å². The topological polar surface area (TPSA) is 47.0 Å². The Balaban J connectivity index is 2.01. The van der Waals surface area contributed by atoms with Crippen molar-refractivity contribution < 1.29 is 9.59 Å². The molecule has 1 aromatic heterocycles. The number of nitrogens with zero attached hydrogens (tertiary/aromatic N) is 1. The van der Waals surface area contributed by atoms with Crippen LogP contribution in [0.5, 0.6) is 0 Å². The molecule has 0 aromatic carbocycles. The van der Waals surface area contributed by atoms with Crippen molar-refractivity contribution in [3.63, 3.8) is 0 Å². The van der Waals surface area contributed by atoms with Crippen LogP contribution in [0.2, 0.25) is 0 Å². The summed E-state index contributed by atoms with van der Waals surface area (Å²) in [5.74, 6) is -0.189. The predicted octanol–water partition coefficient (Wildman–Crippen LogP) is 1.65. The molecule has 0 saturated heterocycles. The smallest absolute Gasteiger partial charge is 0.182 e. The van der Waals surface area contributed by atoms with E-state index in [1.165, 1.54) is 18.2 Å². The summed E-state index contributed by atoms with van der Waals surface area (Å²) in [5.41, 5.74) is 1.50. The van der Waals surface area contributed by atoms with Crippen molar-refractivity contribution in [2.45, 2.75) is 12.8 Å². The van der Waals surface area contributed by atoms with Crippen LogP contribution in [0.3, 0.4) is 0 Å². The van der Waals surface area contributed by atoms with E-state index >= 15 is 0 Å². The average molecular weight is 213 g/mol. The van der Waals surface area contributed by atoms with Crippen molar-refractivity contribution in [1.29, 1.82) is 0 Å². The van der Waals surface area contributed by atoms with Crippen LogP contribution in [0.1, 0.15) is 12.1 Å². The second-order valence-corrected chi connectivity index (χ2v) is 3.59. The largest absolute Gasteiger partial charge is 0.290 e. The fourth-order valence-corrected chi connectivity index (χ4v) is 1.56. The monoisotopic (exact) mass is 213 g/mol. The van der Waals surface area contributed by atoms with E-state index in [4.69, 9.17) is 0 Å². The molecule has 0 unspecified atom stereocenters. The normalized spacial score (nSPS) is 15.1. The van der Waals surface area contributed by atoms with Crippen molar-refractivity contribution in [3.8, 4) is 0 Å². The molecule has 0 amide bonds. The van der Waals surface area contributed by atoms with Crippen LogP contribution in [0.25, 0.3) is 0 Å². The van der Waals surface area contributed by atoms with Crippen molar-refractivity contribution in [3.05, 3.63) is 53.9 Å². The van der Waals surface area contributed by atoms with Crippen LogP contribution in [0.15, 0.2) is 48.2 Å². The highest BCUT2D eigenvalue weighted by Crippen LogP contribution is 2.12. The first-order chi connectivity index (χ1) is 7.75. The van der Waals surface area contributed by atoms with Gasteiger partial charge in [0.15, 0.2) is 11.6 Å². The molecule has 3 nitrogen and oxygen atoms in total. The Bertz CT molecular complexity index is 472. The molecular weight excluding hydrogens is 202 g/mol. The van der Waals surface area contributed by atoms with Gasteiger partial charge in [0.2, 0.25) is 0 Å². The summed E-state index contributed by atoms with van der Waals surface area (Å²) in [6, 6.07) is 5.66. The van der Waals surface area contributed by atoms with Crippen LogP contribution in [0, 0.1) is 0 Å². The van der Waals surface area contributed by atoms with E-state index in [9.17, 15) is 9.59 Å². The van der Waals surface area contributed by atoms with Gasteiger partial charge in [-0.3, -0.25) is 14.6 Å². The molecule has 0 fully saturated rings. The average Bonchev–Trinajstić information content (AvgIpc) is 2.32. The molecule has 3 heteroatoms. The van der Waals surface area contributed by atoms with Crippen molar-refractivity contribution >= 4 is 11.6 Å². The molecule has 1 aliphatic carbocycles. The summed E-state index contributed by atoms with van der Waals surface area (Å²) in [7, 11) is 0. The van der Waals surface area contributed by atoms with Gasteiger partial charge >= 0.3 is 0 Å². The highest BCUT2D eigenvalue weighted by molar-refractivity contribution is 6.17. The third-order valence-electron chi connectivity index (χ3n) is 2.41. The fraction of sp³-hybridized carbons (Fsp3) is 0.154. The Hall–Kier alpha value is -2.03. The lowest BCUT2D eigenvalue weighted by Crippen LogP contribution is -2.08. The van der Waals surface area contributed by atoms with Gasteiger partial charge in [0.25, 0.3) is 0 Å². The number of hydrogen-bond donors (Lipinski definition) is 0. The van der Waals surface area contributed by atoms with Gasteiger partial charge in [-0.25, -0.2) is 0 Å². The Kier molecular flexibility index (Phi) is 3.05. The zero-order valence-electron chi connectivity index (χ0n) is 8.72. The van der Waals surface area contributed by atoms with Crippen molar-refractivity contribution in [2.75, 3.05) is 0 Å². The van der Waals surface area contributed by atoms with E-state index in [-0.39, 0.29) is 11.6 Å². The summed E-state index contributed by atoms with van der Waals surface area (Å²) >= 11 is 0. The molecule has 2 rings (SSSR count). The quantitative estimate of drug-likeness (QED) is 0.717. The first-order valence-corrected chi connectivity index (χ1v) is 5.12. The lowest BCUT2D eigenvalue weighted by molar-refractivity contribution is -0.114. The van der Waals surface area contributed by atoms with Crippen molar-refractivity contribution in [1.82, 2.24) is 4.98 Å². The molecule has 0 aliphatic heterocycles. The van der Waals surface area contributed by atoms with Gasteiger partial charge < -0.3 is 0 Å². The third kappa shape index (κ3) is 2.51. The first-order valence-electron chi connectivity index (χ1n) is 5.12. The number of pyridine rings is 1. The molecular formula is C13H11NO2. The summed E-state index contributed by atoms with van der Waals surface area (Å²) in [4.78, 5) is 26.7. The molecule has 0 bridgehead atoms. The molecule has 0 atom stereocenters. The zero-order chi connectivity index (χ0) is 11.4. The highest BCUT2D eigenvalue weighted by Gasteiger charge is 2.12. The van der Waals surface area contributed by atoms with Crippen molar-refractivity contribution in [2.24, 2.45) is 0 Å². The molecule has 0 saturated carbocycles. The van der Waals surface area contributed by atoms with Crippen LogP contribution in [-0.4, -0.2) is 16.6 Å². The minimum atomic E-state index is -0.115. The number of carbonyl (C=O) groups is 2. The molecule has 1 heterocycles. The predicted molar refractivity (Wildman–Crippen MR) is 59.8 cm³/mol. The van der Waals surface area contributed by atoms with Gasteiger partial charge in [-0.15, -0.1) is 0 Å². The van der Waals surface area contributed by atoms with Crippen LogP contribution < -0.4 is 0 Å². The minimum Gasteiger partial charge on any atom is -0.290 e. The van der Waals surface area contributed by atoms with Gasteiger partial charge in [0, 0.05) is 17.5 Å². The van der Waals surface area contributed by atoms with Crippen LogP contribution in [-0.2, 0) is 16.0 Å². The van der Waals surface area contributed by atoms with Crippen LogP contribution in [0.4, 0.5) is 0 Å². The molecule has 1 aliphatic rings. The fourth-order valence-electron chi connectivity index (χ4n) is 1.56. The maximum atomic E-state index is 11.4. The van der Waals surface area contributed by atoms with E-state index < -0.39 is 0 Å². The minimum absolute atomic E-state index is 0.0736. The van der Waals surface area contributed by atoms with E-state index in [0.29, 0.717) is 18.4 Å². The van der Waals surface area contributed by atoms with Gasteiger partial charge in [-0.1, -0.05) is 6.07 Å². The van der Waals surface area contributed by atoms with E-state index in [2.05, 4.69) is 4.98 Å². The van der Waals surface area contributed by atoms with Gasteiger partial charge in [0.1, 0.15) is 0 Å². The third-order valence-corrected chi connectivity index (χ3v) is 2.41. The SMILES string of the molecule is O=C1C=CC(=O)C(CCc2ccccn2)=C1. The molecule has 16 heavy (non-hydrogen) atoms.